The maximum absolute atomic E-state index is 12.3. The van der Waals surface area contributed by atoms with Gasteiger partial charge in [-0.25, -0.2) is 13.1 Å². The molecule has 0 spiro atoms. The lowest BCUT2D eigenvalue weighted by atomic mass is 10.3. The maximum Gasteiger partial charge on any atom is 0.250 e. The molecular formula is C13H22N2O3S2. The number of rotatable bonds is 6. The average molecular weight is 318 g/mol. The van der Waals surface area contributed by atoms with Crippen LogP contribution in [-0.2, 0) is 21.3 Å². The highest BCUT2D eigenvalue weighted by Crippen LogP contribution is 2.26. The van der Waals surface area contributed by atoms with Crippen molar-refractivity contribution in [1.29, 1.82) is 0 Å². The predicted octanol–water partition coefficient (Wildman–Crippen LogP) is 1.62. The van der Waals surface area contributed by atoms with Crippen molar-refractivity contribution in [3.63, 3.8) is 0 Å². The number of thiophene rings is 1. The van der Waals surface area contributed by atoms with E-state index in [9.17, 15) is 8.42 Å². The van der Waals surface area contributed by atoms with E-state index in [4.69, 9.17) is 4.74 Å². The fourth-order valence-electron chi connectivity index (χ4n) is 2.00. The summed E-state index contributed by atoms with van der Waals surface area (Å²) in [6.45, 7) is 7.89. The highest BCUT2D eigenvalue weighted by atomic mass is 32.2. The van der Waals surface area contributed by atoms with Crippen molar-refractivity contribution in [1.82, 2.24) is 10.0 Å². The zero-order valence-corrected chi connectivity index (χ0v) is 13.7. The number of sulfonamides is 1. The Morgan fingerprint density at radius 2 is 2.25 bits per heavy atom. The quantitative estimate of drug-likeness (QED) is 0.836. The first-order valence-electron chi connectivity index (χ1n) is 6.81. The van der Waals surface area contributed by atoms with Crippen LogP contribution in [-0.4, -0.2) is 33.7 Å². The minimum absolute atomic E-state index is 0.0976. The minimum atomic E-state index is -3.42. The Bertz CT molecular complexity index is 546. The lowest BCUT2D eigenvalue weighted by Crippen LogP contribution is -2.34. The second kappa shape index (κ2) is 6.53. The Hall–Kier alpha value is -0.470. The van der Waals surface area contributed by atoms with E-state index in [0.717, 1.165) is 16.9 Å². The van der Waals surface area contributed by atoms with Crippen LogP contribution in [0.4, 0.5) is 0 Å². The zero-order chi connectivity index (χ0) is 14.8. The molecule has 1 aliphatic rings. The van der Waals surface area contributed by atoms with Crippen LogP contribution in [0.15, 0.2) is 10.3 Å². The Labute approximate surface area is 124 Å². The normalized spacial score (nSPS) is 19.9. The topological polar surface area (TPSA) is 67.4 Å². The standard InChI is InChI=1S/C13H22N2O3S2/c1-9(2)14-7-12-10(3)6-13(19-12)20(16,17)15-11-4-5-18-8-11/h6,9,11,14-15H,4-5,7-8H2,1-3H3. The average Bonchev–Trinajstić information content (AvgIpc) is 2.96. The van der Waals surface area contributed by atoms with Crippen LogP contribution in [0.25, 0.3) is 0 Å². The van der Waals surface area contributed by atoms with Crippen LogP contribution in [0.5, 0.6) is 0 Å². The smallest absolute Gasteiger partial charge is 0.250 e. The Balaban J connectivity index is 2.09. The molecule has 7 heteroatoms. The van der Waals surface area contributed by atoms with Gasteiger partial charge in [0.05, 0.1) is 6.61 Å². The molecule has 114 valence electrons. The number of ether oxygens (including phenoxy) is 1. The van der Waals surface area contributed by atoms with E-state index >= 15 is 0 Å². The fraction of sp³-hybridized carbons (Fsp3) is 0.692. The fourth-order valence-corrected chi connectivity index (χ4v) is 4.81. The number of aryl methyl sites for hydroxylation is 1. The number of hydrogen-bond acceptors (Lipinski definition) is 5. The molecule has 1 fully saturated rings. The van der Waals surface area contributed by atoms with Gasteiger partial charge in [0.15, 0.2) is 0 Å². The zero-order valence-electron chi connectivity index (χ0n) is 12.1. The molecule has 2 rings (SSSR count). The molecule has 20 heavy (non-hydrogen) atoms. The van der Waals surface area contributed by atoms with Crippen LogP contribution < -0.4 is 10.0 Å². The predicted molar refractivity (Wildman–Crippen MR) is 80.6 cm³/mol. The molecular weight excluding hydrogens is 296 g/mol. The van der Waals surface area contributed by atoms with E-state index in [0.29, 0.717) is 30.0 Å². The molecule has 0 aliphatic carbocycles. The van der Waals surface area contributed by atoms with Crippen molar-refractivity contribution in [3.8, 4) is 0 Å². The van der Waals surface area contributed by atoms with Gasteiger partial charge in [-0.1, -0.05) is 13.8 Å². The highest BCUT2D eigenvalue weighted by Gasteiger charge is 2.25. The molecule has 0 radical (unpaired) electrons. The molecule has 1 aliphatic heterocycles. The summed E-state index contributed by atoms with van der Waals surface area (Å²) in [5.41, 5.74) is 1.02. The van der Waals surface area contributed by atoms with Gasteiger partial charge in [0.1, 0.15) is 4.21 Å². The Kier molecular flexibility index (Phi) is 5.19. The Morgan fingerprint density at radius 3 is 2.85 bits per heavy atom. The van der Waals surface area contributed by atoms with Crippen LogP contribution in [0.2, 0.25) is 0 Å². The van der Waals surface area contributed by atoms with Gasteiger partial charge in [-0.3, -0.25) is 0 Å². The highest BCUT2D eigenvalue weighted by molar-refractivity contribution is 7.91. The van der Waals surface area contributed by atoms with E-state index in [1.165, 1.54) is 11.3 Å². The van der Waals surface area contributed by atoms with E-state index < -0.39 is 10.0 Å². The molecule has 1 aromatic rings. The molecule has 1 aromatic heterocycles. The summed E-state index contributed by atoms with van der Waals surface area (Å²) >= 11 is 1.34. The van der Waals surface area contributed by atoms with E-state index in [2.05, 4.69) is 23.9 Å². The summed E-state index contributed by atoms with van der Waals surface area (Å²) in [6.07, 6.45) is 0.741. The van der Waals surface area contributed by atoms with Gasteiger partial charge in [0.25, 0.3) is 0 Å². The number of hydrogen-bond donors (Lipinski definition) is 2. The molecule has 0 aromatic carbocycles. The first-order valence-corrected chi connectivity index (χ1v) is 9.11. The maximum atomic E-state index is 12.3. The van der Waals surface area contributed by atoms with Crippen molar-refractivity contribution < 1.29 is 13.2 Å². The molecule has 0 saturated carbocycles. The van der Waals surface area contributed by atoms with Crippen LogP contribution >= 0.6 is 11.3 Å². The van der Waals surface area contributed by atoms with Crippen molar-refractivity contribution in [3.05, 3.63) is 16.5 Å². The second-order valence-electron chi connectivity index (χ2n) is 5.39. The third-order valence-corrected chi connectivity index (χ3v) is 6.42. The SMILES string of the molecule is Cc1cc(S(=O)(=O)NC2CCOC2)sc1CNC(C)C. The lowest BCUT2D eigenvalue weighted by molar-refractivity contribution is 0.192. The van der Waals surface area contributed by atoms with Crippen LogP contribution in [0.1, 0.15) is 30.7 Å². The van der Waals surface area contributed by atoms with E-state index in [-0.39, 0.29) is 6.04 Å². The van der Waals surface area contributed by atoms with Crippen molar-refractivity contribution in [2.24, 2.45) is 0 Å². The molecule has 2 heterocycles. The number of nitrogens with one attached hydrogen (secondary N) is 2. The Morgan fingerprint density at radius 1 is 1.50 bits per heavy atom. The molecule has 5 nitrogen and oxygen atoms in total. The molecule has 0 amide bonds. The molecule has 2 N–H and O–H groups in total. The summed E-state index contributed by atoms with van der Waals surface area (Å²) in [7, 11) is -3.42. The summed E-state index contributed by atoms with van der Waals surface area (Å²) in [5.74, 6) is 0. The summed E-state index contributed by atoms with van der Waals surface area (Å²) < 4.78 is 32.9. The van der Waals surface area contributed by atoms with Gasteiger partial charge in [-0.2, -0.15) is 0 Å². The van der Waals surface area contributed by atoms with Crippen LogP contribution in [0.3, 0.4) is 0 Å². The first kappa shape index (κ1) is 15.9. The molecule has 1 unspecified atom stereocenters. The van der Waals surface area contributed by atoms with Crippen molar-refractivity contribution in [2.75, 3.05) is 13.2 Å². The summed E-state index contributed by atoms with van der Waals surface area (Å²) in [5, 5.41) is 3.32. The largest absolute Gasteiger partial charge is 0.380 e. The van der Waals surface area contributed by atoms with Gasteiger partial charge >= 0.3 is 0 Å². The molecule has 0 bridgehead atoms. The molecule has 1 saturated heterocycles. The van der Waals surface area contributed by atoms with Gasteiger partial charge in [-0.05, 0) is 25.0 Å². The van der Waals surface area contributed by atoms with Gasteiger partial charge in [0, 0.05) is 30.1 Å². The van der Waals surface area contributed by atoms with E-state index in [1.807, 2.05) is 6.92 Å². The second-order valence-corrected chi connectivity index (χ2v) is 8.47. The monoisotopic (exact) mass is 318 g/mol. The third kappa shape index (κ3) is 4.02. The minimum Gasteiger partial charge on any atom is -0.380 e. The van der Waals surface area contributed by atoms with E-state index in [1.54, 1.807) is 6.07 Å². The summed E-state index contributed by atoms with van der Waals surface area (Å²) in [4.78, 5) is 1.07. The van der Waals surface area contributed by atoms with Gasteiger partial charge < -0.3 is 10.1 Å². The van der Waals surface area contributed by atoms with Gasteiger partial charge in [-0.15, -0.1) is 11.3 Å². The molecule has 1 atom stereocenters. The third-order valence-electron chi connectivity index (χ3n) is 3.19. The lowest BCUT2D eigenvalue weighted by Gasteiger charge is -2.09. The van der Waals surface area contributed by atoms with Crippen LogP contribution in [0, 0.1) is 6.92 Å². The summed E-state index contributed by atoms with van der Waals surface area (Å²) in [6, 6.07) is 2.03. The van der Waals surface area contributed by atoms with Crippen molar-refractivity contribution in [2.45, 2.75) is 50.0 Å². The van der Waals surface area contributed by atoms with Gasteiger partial charge in [0.2, 0.25) is 10.0 Å². The van der Waals surface area contributed by atoms with Crippen molar-refractivity contribution >= 4 is 21.4 Å². The first-order chi connectivity index (χ1) is 9.38.